The van der Waals surface area contributed by atoms with Gasteiger partial charge in [0.25, 0.3) is 11.8 Å². The van der Waals surface area contributed by atoms with Crippen LogP contribution >= 0.6 is 0 Å². The summed E-state index contributed by atoms with van der Waals surface area (Å²) < 4.78 is 23.6. The van der Waals surface area contributed by atoms with Crippen LogP contribution in [0.2, 0.25) is 0 Å². The van der Waals surface area contributed by atoms with Gasteiger partial charge in [0.1, 0.15) is 28.8 Å². The number of amides is 4. The van der Waals surface area contributed by atoms with E-state index >= 15 is 4.39 Å². The maximum Gasteiger partial charge on any atom is 0.319 e. The third kappa shape index (κ3) is 8.59. The molecule has 5 aromatic rings. The Bertz CT molecular complexity index is 3040. The second-order valence-electron chi connectivity index (χ2n) is 20.9. The number of rotatable bonds is 12. The van der Waals surface area contributed by atoms with E-state index in [4.69, 9.17) is 21.1 Å². The van der Waals surface area contributed by atoms with E-state index in [0.29, 0.717) is 68.8 Å². The predicted molar refractivity (Wildman–Crippen MR) is 265 cm³/mol. The SMILES string of the molecule is C#Cc1cccc2cc(O)cc(-c3ncc4c(N5CC6CCC(C5)N6)nc(OCC5(CN6CCC(CCN7CCN(c8ccc9c(c8)C(=O)N(C8CCC(=O)NC8=O)C9=O)CC7)CC6)CC5)nc4c3F)c12. The third-order valence-electron chi connectivity index (χ3n) is 16.3. The molecule has 8 heterocycles. The zero-order valence-corrected chi connectivity index (χ0v) is 39.7. The number of carbonyl (C=O) groups is 4. The zero-order valence-electron chi connectivity index (χ0n) is 39.7. The standard InChI is InChI=1S/C54H57FN10O6/c1-2-33-4-3-5-34-24-38(66)26-41(45(33)34)47-46(55)48-42(27-56-47)49(64-28-35-6-7-36(29-64)57-35)60-53(59-48)71-31-54(15-16-54)30-62-18-13-32(14-19-62)12-17-61-20-22-63(23-21-61)37-8-9-39-40(25-37)52(70)65(51(39)69)43-10-11-44(67)58-50(43)68/h1,3-5,8-9,24-27,32,35-36,43,57,66H,6-7,10-23,28-31H2,(H,58,67,68). The molecule has 1 aliphatic carbocycles. The molecule has 17 heteroatoms. The van der Waals surface area contributed by atoms with E-state index in [-0.39, 0.29) is 41.2 Å². The first-order valence-electron chi connectivity index (χ1n) is 25.3. The molecule has 16 nitrogen and oxygen atoms in total. The average molecular weight is 961 g/mol. The van der Waals surface area contributed by atoms with E-state index in [1.807, 2.05) is 18.2 Å². The van der Waals surface area contributed by atoms with Gasteiger partial charge in [0.05, 0.1) is 23.1 Å². The van der Waals surface area contributed by atoms with Crippen LogP contribution in [0.3, 0.4) is 0 Å². The molecular weight excluding hydrogens is 904 g/mol. The summed E-state index contributed by atoms with van der Waals surface area (Å²) in [6.07, 6.45) is 15.5. The molecule has 6 aliphatic heterocycles. The minimum atomic E-state index is -0.979. The van der Waals surface area contributed by atoms with Gasteiger partial charge in [-0.2, -0.15) is 9.97 Å². The number of hydrogen-bond donors (Lipinski definition) is 3. The van der Waals surface area contributed by atoms with E-state index in [9.17, 15) is 24.3 Å². The maximum absolute atomic E-state index is 17.1. The smallest absolute Gasteiger partial charge is 0.319 e. The molecule has 71 heavy (non-hydrogen) atoms. The Labute approximate surface area is 410 Å². The number of aromatic hydroxyl groups is 1. The fraction of sp³-hybridized carbons (Fsp3) is 0.463. The summed E-state index contributed by atoms with van der Waals surface area (Å²) in [5.74, 6) is 1.38. The first-order valence-corrected chi connectivity index (χ1v) is 25.3. The Kier molecular flexibility index (Phi) is 11.6. The summed E-state index contributed by atoms with van der Waals surface area (Å²) in [6, 6.07) is 13.8. The number of likely N-dealkylation sites (tertiary alicyclic amines) is 1. The van der Waals surface area contributed by atoms with Gasteiger partial charge in [0.15, 0.2) is 5.82 Å². The number of piperidine rings is 2. The number of hydrogen-bond acceptors (Lipinski definition) is 14. The number of piperazine rings is 2. The van der Waals surface area contributed by atoms with Crippen LogP contribution in [0.5, 0.6) is 11.8 Å². The van der Waals surface area contributed by atoms with Gasteiger partial charge in [-0.05, 0) is 119 Å². The highest BCUT2D eigenvalue weighted by atomic mass is 19.1. The Balaban J connectivity index is 0.662. The van der Waals surface area contributed by atoms with Gasteiger partial charge in [-0.15, -0.1) is 6.42 Å². The molecular formula is C54H57FN10O6. The number of carbonyl (C=O) groups excluding carboxylic acids is 4. The average Bonchev–Trinajstić information content (AvgIpc) is 4.00. The summed E-state index contributed by atoms with van der Waals surface area (Å²) in [4.78, 5) is 75.8. The number of ether oxygens (including phenoxy) is 1. The van der Waals surface area contributed by atoms with Crippen molar-refractivity contribution in [2.75, 3.05) is 81.9 Å². The van der Waals surface area contributed by atoms with Crippen LogP contribution in [-0.2, 0) is 9.59 Å². The number of fused-ring (bicyclic) bond motifs is 5. The van der Waals surface area contributed by atoms with Gasteiger partial charge in [-0.3, -0.25) is 39.3 Å². The van der Waals surface area contributed by atoms with Gasteiger partial charge < -0.3 is 29.9 Å². The van der Waals surface area contributed by atoms with Crippen LogP contribution in [0.25, 0.3) is 32.9 Å². The van der Waals surface area contributed by atoms with Crippen LogP contribution < -0.4 is 25.2 Å². The predicted octanol–water partition coefficient (Wildman–Crippen LogP) is 5.10. The highest BCUT2D eigenvalue weighted by Crippen LogP contribution is 2.47. The second-order valence-corrected chi connectivity index (χ2v) is 20.9. The molecule has 0 spiro atoms. The van der Waals surface area contributed by atoms with Crippen LogP contribution in [0, 0.1) is 29.5 Å². The van der Waals surface area contributed by atoms with Crippen molar-refractivity contribution in [3.05, 3.63) is 77.2 Å². The molecule has 2 aromatic heterocycles. The summed E-state index contributed by atoms with van der Waals surface area (Å²) in [5, 5.41) is 18.5. The van der Waals surface area contributed by atoms with Crippen molar-refractivity contribution in [2.45, 2.75) is 75.9 Å². The summed E-state index contributed by atoms with van der Waals surface area (Å²) in [6.45, 7) is 9.39. The number of benzene rings is 3. The van der Waals surface area contributed by atoms with Gasteiger partial charge in [-0.25, -0.2) is 4.39 Å². The fourth-order valence-electron chi connectivity index (χ4n) is 12.1. The van der Waals surface area contributed by atoms with Crippen molar-refractivity contribution < 1.29 is 33.4 Å². The van der Waals surface area contributed by atoms with Crippen LogP contribution in [-0.4, -0.2) is 149 Å². The third-order valence-corrected chi connectivity index (χ3v) is 16.3. The number of terminal acetylenes is 1. The van der Waals surface area contributed by atoms with E-state index in [2.05, 4.69) is 41.1 Å². The number of nitrogens with zero attached hydrogens (tertiary/aromatic N) is 8. The lowest BCUT2D eigenvalue weighted by molar-refractivity contribution is -0.136. The van der Waals surface area contributed by atoms with Crippen LogP contribution in [0.4, 0.5) is 15.9 Å². The molecule has 0 radical (unpaired) electrons. The van der Waals surface area contributed by atoms with Crippen molar-refractivity contribution >= 4 is 56.8 Å². The molecule has 5 saturated heterocycles. The fourth-order valence-corrected chi connectivity index (χ4v) is 12.1. The second kappa shape index (κ2) is 18.1. The number of nitrogens with one attached hydrogen (secondary N) is 2. The largest absolute Gasteiger partial charge is 0.508 e. The maximum atomic E-state index is 17.1. The number of imide groups is 2. The number of aromatic nitrogens is 3. The molecule has 3 aromatic carbocycles. The molecule has 7 aliphatic rings. The normalized spacial score (nSPS) is 23.7. The minimum Gasteiger partial charge on any atom is -0.508 e. The zero-order chi connectivity index (χ0) is 48.5. The van der Waals surface area contributed by atoms with Gasteiger partial charge in [0.2, 0.25) is 11.8 Å². The quantitative estimate of drug-likeness (QED) is 0.111. The van der Waals surface area contributed by atoms with E-state index < -0.39 is 35.5 Å². The van der Waals surface area contributed by atoms with Crippen LogP contribution in [0.15, 0.2) is 54.7 Å². The monoisotopic (exact) mass is 960 g/mol. The molecule has 6 fully saturated rings. The van der Waals surface area contributed by atoms with Gasteiger partial charge in [-0.1, -0.05) is 18.1 Å². The number of anilines is 2. The first-order chi connectivity index (χ1) is 34.5. The highest BCUT2D eigenvalue weighted by Gasteiger charge is 2.47. The molecule has 4 amide bonds. The highest BCUT2D eigenvalue weighted by molar-refractivity contribution is 6.23. The lowest BCUT2D eigenvalue weighted by Crippen LogP contribution is -2.54. The van der Waals surface area contributed by atoms with E-state index in [0.717, 1.165) is 121 Å². The van der Waals surface area contributed by atoms with Crippen molar-refractivity contribution in [2.24, 2.45) is 11.3 Å². The molecule has 3 atom stereocenters. The Hall–Kier alpha value is -6.74. The topological polar surface area (TPSA) is 177 Å². The van der Waals surface area contributed by atoms with E-state index in [1.165, 1.54) is 6.07 Å². The number of pyridine rings is 1. The Morgan fingerprint density at radius 1 is 0.845 bits per heavy atom. The summed E-state index contributed by atoms with van der Waals surface area (Å²) in [7, 11) is 0. The van der Waals surface area contributed by atoms with Gasteiger partial charge in [0, 0.05) is 98.1 Å². The number of halogens is 1. The van der Waals surface area contributed by atoms with Crippen molar-refractivity contribution in [1.82, 2.24) is 40.3 Å². The molecule has 3 N–H and O–H groups in total. The Morgan fingerprint density at radius 2 is 1.62 bits per heavy atom. The molecule has 2 bridgehead atoms. The molecule has 366 valence electrons. The van der Waals surface area contributed by atoms with Gasteiger partial charge >= 0.3 is 6.01 Å². The summed E-state index contributed by atoms with van der Waals surface area (Å²) in [5.41, 5.74) is 2.63. The Morgan fingerprint density at radius 3 is 2.37 bits per heavy atom. The lowest BCUT2D eigenvalue weighted by atomic mass is 9.92. The number of phenols is 1. The van der Waals surface area contributed by atoms with Crippen LogP contribution in [0.1, 0.15) is 84.1 Å². The van der Waals surface area contributed by atoms with Crippen molar-refractivity contribution in [3.8, 4) is 35.4 Å². The van der Waals surface area contributed by atoms with E-state index in [1.54, 1.807) is 30.5 Å². The first kappa shape index (κ1) is 45.4. The summed E-state index contributed by atoms with van der Waals surface area (Å²) >= 11 is 0. The molecule has 1 saturated carbocycles. The van der Waals surface area contributed by atoms with Crippen molar-refractivity contribution in [1.29, 1.82) is 0 Å². The lowest BCUT2D eigenvalue weighted by Gasteiger charge is -2.38. The molecule has 12 rings (SSSR count). The number of phenolic OH excluding ortho intramolecular Hbond substituents is 1. The van der Waals surface area contributed by atoms with Crippen molar-refractivity contribution in [3.63, 3.8) is 0 Å². The minimum absolute atomic E-state index is 0.0121. The molecule has 3 unspecified atom stereocenters.